The van der Waals surface area contributed by atoms with Gasteiger partial charge in [0.05, 0.1) is 26.2 Å². The number of aromatic nitrogens is 2. The number of primary amides is 1. The number of likely N-dealkylation sites (tertiary alicyclic amines) is 1. The van der Waals surface area contributed by atoms with Gasteiger partial charge in [-0.1, -0.05) is 31.5 Å². The number of amides is 1. The van der Waals surface area contributed by atoms with Gasteiger partial charge in [0.2, 0.25) is 11.9 Å². The molecule has 43 heavy (non-hydrogen) atoms. The first-order chi connectivity index (χ1) is 20.7. The van der Waals surface area contributed by atoms with Crippen molar-refractivity contribution in [2.24, 2.45) is 29.4 Å². The zero-order valence-corrected chi connectivity index (χ0v) is 26.4. The highest BCUT2D eigenvalue weighted by Gasteiger charge is 2.43. The first-order valence-corrected chi connectivity index (χ1v) is 16.6. The average molecular weight is 626 g/mol. The number of piperidine rings is 2. The number of halogens is 2. The number of allylic oxidation sites excluding steroid dienone is 1. The summed E-state index contributed by atoms with van der Waals surface area (Å²) in [5, 5.41) is 6.68. The number of rotatable bonds is 8. The van der Waals surface area contributed by atoms with Crippen molar-refractivity contribution in [3.8, 4) is 0 Å². The highest BCUT2D eigenvalue weighted by atomic mass is 35.5. The summed E-state index contributed by atoms with van der Waals surface area (Å²) in [6.45, 7) is 12.4. The lowest BCUT2D eigenvalue weighted by atomic mass is 9.92. The standard InChI is InChI=1S/C32H41ClFN7OS/c1-4-20-15-19(3)28(27(20)30(35)42)38-31-29-24(17-26(33)43-29)37-32(39-31)36-21-5-6-25(23(34)16-21)41-13-9-22(10-14-41)40-11-7-18(2)8-12-40/h4-6,16-20,22,27-28H,1,7-15H2,2-3H3,(H2,35,42)(H2,36,37,38,39)/t19?,20?,27-,28+/m0/s1. The topological polar surface area (TPSA) is 99.4 Å². The van der Waals surface area contributed by atoms with Gasteiger partial charge in [-0.3, -0.25) is 4.79 Å². The molecule has 1 amide bonds. The number of nitrogens with two attached hydrogens (primary N) is 1. The van der Waals surface area contributed by atoms with Crippen molar-refractivity contribution in [3.05, 3.63) is 47.1 Å². The minimum absolute atomic E-state index is 0.00675. The van der Waals surface area contributed by atoms with Crippen LogP contribution in [0.4, 0.5) is 27.5 Å². The van der Waals surface area contributed by atoms with E-state index in [0.29, 0.717) is 39.0 Å². The van der Waals surface area contributed by atoms with Crippen LogP contribution < -0.4 is 21.3 Å². The molecule has 3 aliphatic rings. The molecule has 4 heterocycles. The van der Waals surface area contributed by atoms with Gasteiger partial charge >= 0.3 is 0 Å². The van der Waals surface area contributed by atoms with E-state index in [0.717, 1.165) is 43.0 Å². The summed E-state index contributed by atoms with van der Waals surface area (Å²) >= 11 is 7.74. The molecule has 3 fully saturated rings. The Morgan fingerprint density at radius 2 is 1.88 bits per heavy atom. The monoisotopic (exact) mass is 625 g/mol. The van der Waals surface area contributed by atoms with Crippen LogP contribution in [0.5, 0.6) is 0 Å². The molecule has 1 aliphatic carbocycles. The Morgan fingerprint density at radius 1 is 1.14 bits per heavy atom. The van der Waals surface area contributed by atoms with E-state index >= 15 is 4.39 Å². The number of anilines is 4. The van der Waals surface area contributed by atoms with Crippen LogP contribution in [-0.2, 0) is 4.79 Å². The van der Waals surface area contributed by atoms with Gasteiger partial charge in [0.25, 0.3) is 0 Å². The van der Waals surface area contributed by atoms with Crippen LogP contribution in [0, 0.1) is 29.5 Å². The fourth-order valence-electron chi connectivity index (χ4n) is 7.25. The molecule has 8 nitrogen and oxygen atoms in total. The summed E-state index contributed by atoms with van der Waals surface area (Å²) in [7, 11) is 0. The SMILES string of the molecule is C=CC1CC(C)[C@@H](Nc2nc(Nc3ccc(N4CCC(N5CCC(C)CC5)CC4)c(F)c3)nc3cc(Cl)sc23)[C@H]1C(N)=O. The third-order valence-electron chi connectivity index (χ3n) is 9.72. The Bertz CT molecular complexity index is 1480. The van der Waals surface area contributed by atoms with Crippen LogP contribution in [0.15, 0.2) is 36.9 Å². The Kier molecular flexibility index (Phi) is 8.80. The van der Waals surface area contributed by atoms with Gasteiger partial charge in [-0.05, 0) is 87.2 Å². The van der Waals surface area contributed by atoms with Gasteiger partial charge in [-0.25, -0.2) is 9.37 Å². The number of fused-ring (bicyclic) bond motifs is 1. The van der Waals surface area contributed by atoms with E-state index < -0.39 is 5.92 Å². The largest absolute Gasteiger partial charge is 0.369 e. The number of carbonyl (C=O) groups excluding carboxylic acids is 1. The highest BCUT2D eigenvalue weighted by Crippen LogP contribution is 2.41. The summed E-state index contributed by atoms with van der Waals surface area (Å²) in [6, 6.07) is 7.38. The van der Waals surface area contributed by atoms with E-state index in [1.54, 1.807) is 6.07 Å². The molecule has 2 aromatic heterocycles. The highest BCUT2D eigenvalue weighted by molar-refractivity contribution is 7.23. The van der Waals surface area contributed by atoms with Gasteiger partial charge in [-0.2, -0.15) is 4.98 Å². The van der Waals surface area contributed by atoms with Crippen molar-refractivity contribution in [1.82, 2.24) is 14.9 Å². The van der Waals surface area contributed by atoms with Crippen molar-refractivity contribution in [3.63, 3.8) is 0 Å². The predicted octanol–water partition coefficient (Wildman–Crippen LogP) is 6.65. The number of nitrogens with zero attached hydrogens (tertiary/aromatic N) is 4. The molecular weight excluding hydrogens is 585 g/mol. The quantitative estimate of drug-likeness (QED) is 0.241. The molecule has 2 saturated heterocycles. The number of carbonyl (C=O) groups is 1. The second-order valence-corrected chi connectivity index (χ2v) is 14.3. The Morgan fingerprint density at radius 3 is 2.56 bits per heavy atom. The molecule has 0 bridgehead atoms. The fraction of sp³-hybridized carbons (Fsp3) is 0.531. The first kappa shape index (κ1) is 30.1. The smallest absolute Gasteiger partial charge is 0.229 e. The number of hydrogen-bond acceptors (Lipinski definition) is 8. The first-order valence-electron chi connectivity index (χ1n) is 15.4. The summed E-state index contributed by atoms with van der Waals surface area (Å²) < 4.78 is 16.8. The van der Waals surface area contributed by atoms with Gasteiger partial charge < -0.3 is 26.2 Å². The molecule has 11 heteroatoms. The third kappa shape index (κ3) is 6.33. The van der Waals surface area contributed by atoms with E-state index in [4.69, 9.17) is 22.3 Å². The second kappa shape index (κ2) is 12.6. The molecule has 2 aliphatic heterocycles. The van der Waals surface area contributed by atoms with Gasteiger partial charge in [0.15, 0.2) is 0 Å². The molecule has 1 aromatic carbocycles. The van der Waals surface area contributed by atoms with E-state index in [2.05, 4.69) is 45.8 Å². The Balaban J connectivity index is 1.17. The lowest BCUT2D eigenvalue weighted by Gasteiger charge is -2.42. The van der Waals surface area contributed by atoms with E-state index in [1.807, 2.05) is 18.2 Å². The van der Waals surface area contributed by atoms with Crippen LogP contribution in [-0.4, -0.2) is 59.0 Å². The van der Waals surface area contributed by atoms with Crippen molar-refractivity contribution in [1.29, 1.82) is 0 Å². The van der Waals surface area contributed by atoms with Crippen LogP contribution in [0.25, 0.3) is 10.2 Å². The van der Waals surface area contributed by atoms with Crippen molar-refractivity contribution < 1.29 is 9.18 Å². The minimum Gasteiger partial charge on any atom is -0.369 e. The minimum atomic E-state index is -0.403. The molecule has 4 atom stereocenters. The van der Waals surface area contributed by atoms with E-state index in [1.165, 1.54) is 43.3 Å². The van der Waals surface area contributed by atoms with Gasteiger partial charge in [0.1, 0.15) is 11.6 Å². The lowest BCUT2D eigenvalue weighted by Crippen LogP contribution is -2.47. The zero-order chi connectivity index (χ0) is 30.2. The number of thiophene rings is 1. The van der Waals surface area contributed by atoms with Crippen LogP contribution in [0.2, 0.25) is 4.34 Å². The maximum atomic E-state index is 15.5. The zero-order valence-electron chi connectivity index (χ0n) is 24.9. The van der Waals surface area contributed by atoms with Gasteiger partial charge in [-0.15, -0.1) is 17.9 Å². The van der Waals surface area contributed by atoms with Crippen LogP contribution in [0.1, 0.15) is 46.0 Å². The molecule has 230 valence electrons. The van der Waals surface area contributed by atoms with E-state index in [-0.39, 0.29) is 29.6 Å². The van der Waals surface area contributed by atoms with Crippen molar-refractivity contribution >= 4 is 62.2 Å². The third-order valence-corrected chi connectivity index (χ3v) is 11.0. The normalized spacial score (nSPS) is 25.7. The van der Waals surface area contributed by atoms with Crippen LogP contribution >= 0.6 is 22.9 Å². The number of nitrogens with one attached hydrogen (secondary N) is 2. The van der Waals surface area contributed by atoms with E-state index in [9.17, 15) is 4.79 Å². The van der Waals surface area contributed by atoms with Gasteiger partial charge in [0, 0.05) is 30.9 Å². The predicted molar refractivity (Wildman–Crippen MR) is 175 cm³/mol. The summed E-state index contributed by atoms with van der Waals surface area (Å²) in [5.74, 6) is 0.842. The summed E-state index contributed by atoms with van der Waals surface area (Å²) in [4.78, 5) is 26.6. The average Bonchev–Trinajstić information content (AvgIpc) is 3.52. The molecule has 2 unspecified atom stereocenters. The molecule has 4 N–H and O–H groups in total. The summed E-state index contributed by atoms with van der Waals surface area (Å²) in [5.41, 5.74) is 7.66. The Labute approximate surface area is 261 Å². The van der Waals surface area contributed by atoms with Crippen molar-refractivity contribution in [2.45, 2.75) is 58.0 Å². The maximum absolute atomic E-state index is 15.5. The summed E-state index contributed by atoms with van der Waals surface area (Å²) in [6.07, 6.45) is 7.29. The molecule has 0 radical (unpaired) electrons. The maximum Gasteiger partial charge on any atom is 0.229 e. The number of benzene rings is 1. The van der Waals surface area contributed by atoms with Crippen molar-refractivity contribution in [2.75, 3.05) is 41.7 Å². The lowest BCUT2D eigenvalue weighted by molar-refractivity contribution is -0.122. The fourth-order valence-corrected chi connectivity index (χ4v) is 8.36. The molecule has 0 spiro atoms. The molecule has 6 rings (SSSR count). The molecule has 3 aromatic rings. The second-order valence-electron chi connectivity index (χ2n) is 12.6. The van der Waals surface area contributed by atoms with Crippen LogP contribution in [0.3, 0.4) is 0 Å². The molecular formula is C32H41ClFN7OS. The molecule has 1 saturated carbocycles. The Hall–Kier alpha value is -2.95. The number of hydrogen-bond donors (Lipinski definition) is 3.